The van der Waals surface area contributed by atoms with Crippen molar-refractivity contribution in [3.05, 3.63) is 35.9 Å². The van der Waals surface area contributed by atoms with E-state index >= 15 is 0 Å². The molecule has 1 aliphatic heterocycles. The number of hydrogen-bond donors (Lipinski definition) is 3. The number of hydrogen-bond acceptors (Lipinski definition) is 5. The second-order valence-electron chi connectivity index (χ2n) is 5.66. The summed E-state index contributed by atoms with van der Waals surface area (Å²) in [5.41, 5.74) is 5.74. The van der Waals surface area contributed by atoms with Crippen LogP contribution < -0.4 is 20.5 Å². The predicted molar refractivity (Wildman–Crippen MR) is 86.7 cm³/mol. The highest BCUT2D eigenvalue weighted by molar-refractivity contribution is 6.02. The molecule has 122 valence electrons. The number of primary amides is 1. The van der Waals surface area contributed by atoms with E-state index in [0.717, 1.165) is 23.6 Å². The van der Waals surface area contributed by atoms with Gasteiger partial charge in [0.1, 0.15) is 24.3 Å². The maximum atomic E-state index is 11.5. The standard InChI is InChI=1S/C17H20N2O4/c1-22-15-8-12-10(7-13(15)17(18)21)3-2-4-14(12)23-9-11-5-6-16(20)19-11/h2-4,7-8,11,16,19-20H,5-6,9H2,1H3,(H2,18,21)/t11-,16-/m0/s1. The van der Waals surface area contributed by atoms with Crippen molar-refractivity contribution in [1.82, 2.24) is 5.32 Å². The second kappa shape index (κ2) is 6.44. The Morgan fingerprint density at radius 1 is 1.35 bits per heavy atom. The average molecular weight is 316 g/mol. The SMILES string of the molecule is COc1cc2c(OC[C@@H]3CC[C@H](O)N3)cccc2cc1C(N)=O. The lowest BCUT2D eigenvalue weighted by Crippen LogP contribution is -2.33. The molecular weight excluding hydrogens is 296 g/mol. The Morgan fingerprint density at radius 2 is 2.17 bits per heavy atom. The Balaban J connectivity index is 1.89. The fraction of sp³-hybridized carbons (Fsp3) is 0.353. The number of rotatable bonds is 5. The number of aliphatic hydroxyl groups is 1. The predicted octanol–water partition coefficient (Wildman–Crippen LogP) is 1.40. The van der Waals surface area contributed by atoms with Gasteiger partial charge in [0.25, 0.3) is 5.91 Å². The topological polar surface area (TPSA) is 93.8 Å². The molecule has 0 unspecified atom stereocenters. The largest absolute Gasteiger partial charge is 0.496 e. The highest BCUT2D eigenvalue weighted by Gasteiger charge is 2.22. The van der Waals surface area contributed by atoms with Crippen molar-refractivity contribution in [3.63, 3.8) is 0 Å². The van der Waals surface area contributed by atoms with Gasteiger partial charge in [0, 0.05) is 11.4 Å². The lowest BCUT2D eigenvalue weighted by atomic mass is 10.0. The molecule has 2 aromatic carbocycles. The average Bonchev–Trinajstić information content (AvgIpc) is 2.96. The Morgan fingerprint density at radius 3 is 2.83 bits per heavy atom. The van der Waals surface area contributed by atoms with Gasteiger partial charge in [0.05, 0.1) is 12.7 Å². The number of aliphatic hydroxyl groups excluding tert-OH is 1. The van der Waals surface area contributed by atoms with Crippen molar-refractivity contribution in [2.75, 3.05) is 13.7 Å². The summed E-state index contributed by atoms with van der Waals surface area (Å²) in [7, 11) is 1.50. The molecule has 4 N–H and O–H groups in total. The van der Waals surface area contributed by atoms with Gasteiger partial charge >= 0.3 is 0 Å². The van der Waals surface area contributed by atoms with Gasteiger partial charge in [-0.2, -0.15) is 0 Å². The number of carbonyl (C=O) groups excluding carboxylic acids is 1. The number of benzene rings is 2. The Kier molecular flexibility index (Phi) is 4.36. The van der Waals surface area contributed by atoms with Crippen molar-refractivity contribution < 1.29 is 19.4 Å². The summed E-state index contributed by atoms with van der Waals surface area (Å²) in [6.07, 6.45) is 1.16. The fourth-order valence-electron chi connectivity index (χ4n) is 2.88. The van der Waals surface area contributed by atoms with Gasteiger partial charge in [-0.25, -0.2) is 0 Å². The van der Waals surface area contributed by atoms with Crippen LogP contribution in [0.4, 0.5) is 0 Å². The Labute approximate surface area is 134 Å². The van der Waals surface area contributed by atoms with Gasteiger partial charge in [-0.3, -0.25) is 10.1 Å². The quantitative estimate of drug-likeness (QED) is 0.775. The number of nitrogens with one attached hydrogen (secondary N) is 1. The molecule has 6 heteroatoms. The van der Waals surface area contributed by atoms with E-state index in [1.165, 1.54) is 7.11 Å². The third-order valence-corrected chi connectivity index (χ3v) is 4.08. The Bertz CT molecular complexity index is 732. The summed E-state index contributed by atoms with van der Waals surface area (Å²) < 4.78 is 11.2. The minimum Gasteiger partial charge on any atom is -0.496 e. The van der Waals surface area contributed by atoms with E-state index in [9.17, 15) is 9.90 Å². The normalized spacial score (nSPS) is 20.6. The zero-order chi connectivity index (χ0) is 16.4. The molecule has 1 saturated heterocycles. The molecule has 0 aromatic heterocycles. The molecule has 0 aliphatic carbocycles. The molecule has 2 atom stereocenters. The van der Waals surface area contributed by atoms with Crippen molar-refractivity contribution in [2.24, 2.45) is 5.73 Å². The van der Waals surface area contributed by atoms with E-state index < -0.39 is 12.1 Å². The van der Waals surface area contributed by atoms with Crippen molar-refractivity contribution in [3.8, 4) is 11.5 Å². The zero-order valence-corrected chi connectivity index (χ0v) is 12.9. The first-order valence-electron chi connectivity index (χ1n) is 7.56. The fourth-order valence-corrected chi connectivity index (χ4v) is 2.88. The number of nitrogens with two attached hydrogens (primary N) is 1. The molecule has 6 nitrogen and oxygen atoms in total. The van der Waals surface area contributed by atoms with E-state index in [1.807, 2.05) is 18.2 Å². The summed E-state index contributed by atoms with van der Waals surface area (Å²) in [4.78, 5) is 11.5. The van der Waals surface area contributed by atoms with Gasteiger partial charge in [0.15, 0.2) is 0 Å². The van der Waals surface area contributed by atoms with Gasteiger partial charge in [-0.05, 0) is 36.4 Å². The summed E-state index contributed by atoms with van der Waals surface area (Å²) in [6, 6.07) is 9.24. The third-order valence-electron chi connectivity index (χ3n) is 4.08. The molecule has 0 radical (unpaired) electrons. The van der Waals surface area contributed by atoms with Crippen molar-refractivity contribution in [2.45, 2.75) is 25.1 Å². The number of fused-ring (bicyclic) bond motifs is 1. The van der Waals surface area contributed by atoms with Crippen LogP contribution in [-0.2, 0) is 0 Å². The number of methoxy groups -OCH3 is 1. The minimum atomic E-state index is -0.529. The van der Waals surface area contributed by atoms with Gasteiger partial charge in [-0.15, -0.1) is 0 Å². The first-order chi connectivity index (χ1) is 11.1. The maximum absolute atomic E-state index is 11.5. The van der Waals surface area contributed by atoms with Crippen LogP contribution in [-0.4, -0.2) is 37.0 Å². The van der Waals surface area contributed by atoms with E-state index in [2.05, 4.69) is 5.32 Å². The number of carbonyl (C=O) groups is 1. The monoisotopic (exact) mass is 316 g/mol. The highest BCUT2D eigenvalue weighted by atomic mass is 16.5. The van der Waals surface area contributed by atoms with Crippen molar-refractivity contribution in [1.29, 1.82) is 0 Å². The van der Waals surface area contributed by atoms with Crippen LogP contribution in [0.3, 0.4) is 0 Å². The first-order valence-corrected chi connectivity index (χ1v) is 7.56. The van der Waals surface area contributed by atoms with Crippen LogP contribution in [0.2, 0.25) is 0 Å². The molecule has 23 heavy (non-hydrogen) atoms. The smallest absolute Gasteiger partial charge is 0.252 e. The van der Waals surface area contributed by atoms with E-state index in [1.54, 1.807) is 12.1 Å². The van der Waals surface area contributed by atoms with Crippen LogP contribution in [0.5, 0.6) is 11.5 Å². The van der Waals surface area contributed by atoms with Gasteiger partial charge in [0.2, 0.25) is 0 Å². The molecule has 3 rings (SSSR count). The van der Waals surface area contributed by atoms with Gasteiger partial charge in [-0.1, -0.05) is 12.1 Å². The van der Waals surface area contributed by atoms with Crippen LogP contribution in [0, 0.1) is 0 Å². The third kappa shape index (κ3) is 3.23. The molecule has 1 fully saturated rings. The van der Waals surface area contributed by atoms with Crippen molar-refractivity contribution >= 4 is 16.7 Å². The van der Waals surface area contributed by atoms with Crippen LogP contribution in [0.15, 0.2) is 30.3 Å². The molecule has 0 bridgehead atoms. The lowest BCUT2D eigenvalue weighted by Gasteiger charge is -2.15. The van der Waals surface area contributed by atoms with Gasteiger partial charge < -0.3 is 20.3 Å². The van der Waals surface area contributed by atoms with Crippen LogP contribution in [0.1, 0.15) is 23.2 Å². The molecule has 1 aliphatic rings. The first kappa shape index (κ1) is 15.6. The number of ether oxygens (including phenoxy) is 2. The van der Waals surface area contributed by atoms with Crippen LogP contribution >= 0.6 is 0 Å². The summed E-state index contributed by atoms with van der Waals surface area (Å²) in [5.74, 6) is 0.606. The molecule has 0 spiro atoms. The summed E-state index contributed by atoms with van der Waals surface area (Å²) in [5, 5.41) is 14.3. The number of amides is 1. The zero-order valence-electron chi connectivity index (χ0n) is 12.9. The highest BCUT2D eigenvalue weighted by Crippen LogP contribution is 2.32. The molecule has 0 saturated carbocycles. The lowest BCUT2D eigenvalue weighted by molar-refractivity contribution is 0.0997. The summed E-state index contributed by atoms with van der Waals surface area (Å²) in [6.45, 7) is 0.468. The molecule has 1 amide bonds. The molecule has 1 heterocycles. The molecule has 2 aromatic rings. The Hall–Kier alpha value is -2.31. The summed E-state index contributed by atoms with van der Waals surface area (Å²) >= 11 is 0. The minimum absolute atomic E-state index is 0.132. The van der Waals surface area contributed by atoms with E-state index in [4.69, 9.17) is 15.2 Å². The second-order valence-corrected chi connectivity index (χ2v) is 5.66. The van der Waals surface area contributed by atoms with E-state index in [-0.39, 0.29) is 6.04 Å². The molecular formula is C17H20N2O4. The van der Waals surface area contributed by atoms with E-state index in [0.29, 0.717) is 23.7 Å². The maximum Gasteiger partial charge on any atom is 0.252 e. The van der Waals surface area contributed by atoms with Crippen LogP contribution in [0.25, 0.3) is 10.8 Å².